The molecule has 24 heavy (non-hydrogen) atoms. The molecule has 2 aromatic rings. The Morgan fingerprint density at radius 1 is 0.917 bits per heavy atom. The molecule has 0 spiro atoms. The Morgan fingerprint density at radius 3 is 2.12 bits per heavy atom. The second-order valence-corrected chi connectivity index (χ2v) is 5.20. The first-order valence-electron chi connectivity index (χ1n) is 7.28. The number of cyclic esters (lactones) is 1. The average Bonchev–Trinajstić information content (AvgIpc) is 3.03. The van der Waals surface area contributed by atoms with Crippen LogP contribution >= 0.6 is 0 Å². The molecule has 6 heteroatoms. The van der Waals surface area contributed by atoms with Crippen LogP contribution in [0.2, 0.25) is 0 Å². The van der Waals surface area contributed by atoms with Gasteiger partial charge in [0, 0.05) is 5.56 Å². The lowest BCUT2D eigenvalue weighted by Gasteiger charge is -2.18. The summed E-state index contributed by atoms with van der Waals surface area (Å²) in [5.74, 6) is -3.40. The first-order chi connectivity index (χ1) is 11.6. The van der Waals surface area contributed by atoms with Crippen molar-refractivity contribution >= 4 is 23.6 Å². The summed E-state index contributed by atoms with van der Waals surface area (Å²) in [7, 11) is 0. The van der Waals surface area contributed by atoms with E-state index in [1.165, 1.54) is 12.1 Å². The number of carbonyl (C=O) groups is 4. The molecule has 0 bridgehead atoms. The van der Waals surface area contributed by atoms with Crippen molar-refractivity contribution in [3.63, 3.8) is 0 Å². The maximum atomic E-state index is 12.4. The third-order valence-corrected chi connectivity index (χ3v) is 3.71. The number of ketones is 2. The molecule has 1 atom stereocenters. The lowest BCUT2D eigenvalue weighted by atomic mass is 10.0. The largest absolute Gasteiger partial charge is 0.446 e. The van der Waals surface area contributed by atoms with Crippen LogP contribution in [0.25, 0.3) is 0 Å². The van der Waals surface area contributed by atoms with Gasteiger partial charge in [0.2, 0.25) is 5.78 Å². The van der Waals surface area contributed by atoms with Crippen molar-refractivity contribution in [2.75, 3.05) is 6.61 Å². The molecule has 6 nitrogen and oxygen atoms in total. The second kappa shape index (κ2) is 6.45. The molecule has 0 saturated carbocycles. The molecule has 2 aromatic carbocycles. The summed E-state index contributed by atoms with van der Waals surface area (Å²) in [6, 6.07) is 15.7. The number of carbonyl (C=O) groups excluding carboxylic acids is 4. The van der Waals surface area contributed by atoms with Crippen molar-refractivity contribution in [3.05, 3.63) is 71.8 Å². The number of hydrogen-bond acceptors (Lipinski definition) is 5. The third-order valence-electron chi connectivity index (χ3n) is 3.71. The highest BCUT2D eigenvalue weighted by atomic mass is 16.6. The van der Waals surface area contributed by atoms with Crippen LogP contribution in [0.15, 0.2) is 60.7 Å². The lowest BCUT2D eigenvalue weighted by Crippen LogP contribution is -2.41. The Kier molecular flexibility index (Phi) is 4.20. The van der Waals surface area contributed by atoms with Gasteiger partial charge in [-0.15, -0.1) is 0 Å². The predicted octanol–water partition coefficient (Wildman–Crippen LogP) is 2.16. The van der Waals surface area contributed by atoms with E-state index >= 15 is 0 Å². The summed E-state index contributed by atoms with van der Waals surface area (Å²) in [6.45, 7) is -0.0542. The van der Waals surface area contributed by atoms with Gasteiger partial charge in [0.15, 0.2) is 0 Å². The van der Waals surface area contributed by atoms with Gasteiger partial charge in [-0.1, -0.05) is 60.7 Å². The van der Waals surface area contributed by atoms with E-state index in [9.17, 15) is 19.2 Å². The molecular formula is C18H13NO5. The fourth-order valence-corrected chi connectivity index (χ4v) is 2.49. The van der Waals surface area contributed by atoms with Gasteiger partial charge < -0.3 is 4.74 Å². The van der Waals surface area contributed by atoms with Crippen molar-refractivity contribution in [3.8, 4) is 0 Å². The smallest absolute Gasteiger partial charge is 0.417 e. The molecule has 1 aliphatic heterocycles. The van der Waals surface area contributed by atoms with Crippen LogP contribution in [0.1, 0.15) is 22.0 Å². The Hall–Kier alpha value is -3.28. The molecular weight excluding hydrogens is 310 g/mol. The molecule has 0 unspecified atom stereocenters. The predicted molar refractivity (Wildman–Crippen MR) is 83.2 cm³/mol. The summed E-state index contributed by atoms with van der Waals surface area (Å²) in [4.78, 5) is 49.3. The van der Waals surface area contributed by atoms with Crippen LogP contribution in [-0.4, -0.2) is 35.1 Å². The molecule has 3 rings (SSSR count). The summed E-state index contributed by atoms with van der Waals surface area (Å²) in [5, 5.41) is 0. The van der Waals surface area contributed by atoms with Crippen LogP contribution in [0.4, 0.5) is 4.79 Å². The van der Waals surface area contributed by atoms with Crippen molar-refractivity contribution in [2.24, 2.45) is 0 Å². The molecule has 1 aliphatic rings. The monoisotopic (exact) mass is 323 g/mol. The number of rotatable bonds is 4. The molecule has 1 saturated heterocycles. The number of amides is 2. The normalized spacial score (nSPS) is 16.6. The highest BCUT2D eigenvalue weighted by Gasteiger charge is 2.43. The zero-order valence-electron chi connectivity index (χ0n) is 12.5. The minimum Gasteiger partial charge on any atom is -0.446 e. The standard InChI is InChI=1S/C18H13NO5/c20-15(13-9-5-2-6-10-13)16(21)17(22)19-14(11-24-18(19)23)12-7-3-1-4-8-12/h1-10,14H,11H2/t14-/m0/s1. The van der Waals surface area contributed by atoms with Crippen molar-refractivity contribution in [1.82, 2.24) is 4.90 Å². The Balaban J connectivity index is 1.86. The van der Waals surface area contributed by atoms with Gasteiger partial charge in [-0.05, 0) is 5.56 Å². The molecule has 0 radical (unpaired) electrons. The fourth-order valence-electron chi connectivity index (χ4n) is 2.49. The van der Waals surface area contributed by atoms with E-state index in [0.717, 1.165) is 0 Å². The van der Waals surface area contributed by atoms with E-state index in [4.69, 9.17) is 4.74 Å². The number of Topliss-reactive ketones (excluding diaryl/α,β-unsaturated/α-hetero) is 2. The zero-order valence-corrected chi connectivity index (χ0v) is 12.5. The Morgan fingerprint density at radius 2 is 1.50 bits per heavy atom. The van der Waals surface area contributed by atoms with Crippen LogP contribution in [-0.2, 0) is 14.3 Å². The average molecular weight is 323 g/mol. The SMILES string of the molecule is O=C(C(=O)c1ccccc1)C(=O)N1C(=O)OC[C@H]1c1ccccc1. The van der Waals surface area contributed by atoms with E-state index in [1.54, 1.807) is 48.5 Å². The van der Waals surface area contributed by atoms with Gasteiger partial charge in [-0.25, -0.2) is 9.69 Å². The number of hydrogen-bond donors (Lipinski definition) is 0. The maximum Gasteiger partial charge on any atom is 0.417 e. The number of nitrogens with zero attached hydrogens (tertiary/aromatic N) is 1. The zero-order chi connectivity index (χ0) is 17.1. The van der Waals surface area contributed by atoms with Crippen molar-refractivity contribution < 1.29 is 23.9 Å². The molecule has 1 heterocycles. The van der Waals surface area contributed by atoms with E-state index in [2.05, 4.69) is 0 Å². The van der Waals surface area contributed by atoms with Gasteiger partial charge in [0.1, 0.15) is 12.6 Å². The fraction of sp³-hybridized carbons (Fsp3) is 0.111. The molecule has 0 aliphatic carbocycles. The number of ether oxygens (including phenoxy) is 1. The third kappa shape index (κ3) is 2.81. The summed E-state index contributed by atoms with van der Waals surface area (Å²) in [5.41, 5.74) is 0.747. The van der Waals surface area contributed by atoms with Gasteiger partial charge >= 0.3 is 12.0 Å². The first-order valence-corrected chi connectivity index (χ1v) is 7.28. The van der Waals surface area contributed by atoms with E-state index in [0.29, 0.717) is 10.5 Å². The lowest BCUT2D eigenvalue weighted by molar-refractivity contribution is -0.140. The van der Waals surface area contributed by atoms with E-state index in [1.807, 2.05) is 0 Å². The summed E-state index contributed by atoms with van der Waals surface area (Å²) >= 11 is 0. The van der Waals surface area contributed by atoms with Crippen molar-refractivity contribution in [1.29, 1.82) is 0 Å². The molecule has 2 amide bonds. The van der Waals surface area contributed by atoms with Gasteiger partial charge in [0.05, 0.1) is 0 Å². The Bertz CT molecular complexity index is 801. The van der Waals surface area contributed by atoms with Gasteiger partial charge in [0.25, 0.3) is 5.78 Å². The van der Waals surface area contributed by atoms with Crippen LogP contribution < -0.4 is 0 Å². The molecule has 1 fully saturated rings. The first kappa shape index (κ1) is 15.6. The highest BCUT2D eigenvalue weighted by molar-refractivity contribution is 6.67. The number of imide groups is 1. The highest BCUT2D eigenvalue weighted by Crippen LogP contribution is 2.28. The molecule has 120 valence electrons. The van der Waals surface area contributed by atoms with Crippen LogP contribution in [0.5, 0.6) is 0 Å². The van der Waals surface area contributed by atoms with Crippen molar-refractivity contribution in [2.45, 2.75) is 6.04 Å². The Labute approximate surface area is 137 Å². The number of benzene rings is 2. The molecule has 0 aromatic heterocycles. The molecule has 0 N–H and O–H groups in total. The van der Waals surface area contributed by atoms with Gasteiger partial charge in [-0.2, -0.15) is 0 Å². The minimum atomic E-state index is -1.26. The van der Waals surface area contributed by atoms with E-state index < -0.39 is 29.6 Å². The quantitative estimate of drug-likeness (QED) is 0.489. The van der Waals surface area contributed by atoms with E-state index in [-0.39, 0.29) is 12.2 Å². The summed E-state index contributed by atoms with van der Waals surface area (Å²) < 4.78 is 4.89. The maximum absolute atomic E-state index is 12.4. The topological polar surface area (TPSA) is 80.8 Å². The minimum absolute atomic E-state index is 0.0542. The van der Waals surface area contributed by atoms with Gasteiger partial charge in [-0.3, -0.25) is 14.4 Å². The van der Waals surface area contributed by atoms with Crippen LogP contribution in [0.3, 0.4) is 0 Å². The second-order valence-electron chi connectivity index (χ2n) is 5.20. The summed E-state index contributed by atoms with van der Waals surface area (Å²) in [6.07, 6.45) is -0.928. The van der Waals surface area contributed by atoms with Crippen LogP contribution in [0, 0.1) is 0 Å².